The molecule has 0 fully saturated rings. The Morgan fingerprint density at radius 1 is 1.13 bits per heavy atom. The molecule has 0 aliphatic heterocycles. The summed E-state index contributed by atoms with van der Waals surface area (Å²) in [6.07, 6.45) is 1.08. The average molecular weight is 425 g/mol. The van der Waals surface area contributed by atoms with E-state index >= 15 is 0 Å². The Labute approximate surface area is 169 Å². The lowest BCUT2D eigenvalue weighted by molar-refractivity contribution is 0.0997. The molecular weight excluding hydrogens is 410 g/mol. The molecule has 0 bridgehead atoms. The Bertz CT molecular complexity index is 1470. The summed E-state index contributed by atoms with van der Waals surface area (Å²) in [6.45, 7) is 0. The number of aromatic hydroxyl groups is 1. The number of H-pyrrole nitrogens is 1. The van der Waals surface area contributed by atoms with Crippen LogP contribution in [0.3, 0.4) is 0 Å². The minimum atomic E-state index is -3.41. The fraction of sp³-hybridized carbons (Fsp3) is 0.0526. The first-order valence-electron chi connectivity index (χ1n) is 8.57. The van der Waals surface area contributed by atoms with Crippen LogP contribution in [0.2, 0.25) is 0 Å². The molecule has 10 nitrogen and oxygen atoms in total. The van der Waals surface area contributed by atoms with Crippen molar-refractivity contribution in [3.8, 4) is 22.8 Å². The molecule has 0 radical (unpaired) electrons. The van der Waals surface area contributed by atoms with Crippen LogP contribution >= 0.6 is 0 Å². The number of primary amides is 1. The van der Waals surface area contributed by atoms with Gasteiger partial charge in [0.25, 0.3) is 5.91 Å². The highest BCUT2D eigenvalue weighted by molar-refractivity contribution is 7.90. The quantitative estimate of drug-likeness (QED) is 0.439. The Hall–Kier alpha value is -3.99. The lowest BCUT2D eigenvalue weighted by Gasteiger charge is -2.07. The van der Waals surface area contributed by atoms with Crippen molar-refractivity contribution in [2.45, 2.75) is 4.90 Å². The number of nitrogens with one attached hydrogen (secondary N) is 1. The van der Waals surface area contributed by atoms with Crippen molar-refractivity contribution in [2.24, 2.45) is 5.73 Å². The van der Waals surface area contributed by atoms with Crippen LogP contribution in [0.1, 0.15) is 10.5 Å². The maximum atomic E-state index is 12.6. The smallest absolute Gasteiger partial charge is 0.332 e. The summed E-state index contributed by atoms with van der Waals surface area (Å²) >= 11 is 0. The highest BCUT2D eigenvalue weighted by Gasteiger charge is 2.20. The molecule has 0 saturated heterocycles. The van der Waals surface area contributed by atoms with Gasteiger partial charge in [0.15, 0.2) is 27.0 Å². The molecule has 2 aromatic carbocycles. The molecule has 2 heterocycles. The molecular formula is C19H15N5O5S. The lowest BCUT2D eigenvalue weighted by Crippen LogP contribution is -2.15. The number of aromatic nitrogens is 4. The zero-order valence-electron chi connectivity index (χ0n) is 15.5. The molecule has 1 amide bonds. The molecule has 152 valence electrons. The number of carbonyl (C=O) groups is 1. The van der Waals surface area contributed by atoms with E-state index in [0.717, 1.165) is 6.26 Å². The Kier molecular flexibility index (Phi) is 4.39. The summed E-state index contributed by atoms with van der Waals surface area (Å²) in [6, 6.07) is 11.7. The average Bonchev–Trinajstić information content (AvgIpc) is 3.02. The summed E-state index contributed by atoms with van der Waals surface area (Å²) in [4.78, 5) is 35.7. The number of hydrogen-bond donors (Lipinski definition) is 3. The van der Waals surface area contributed by atoms with Crippen molar-refractivity contribution in [3.63, 3.8) is 0 Å². The maximum absolute atomic E-state index is 12.6. The van der Waals surface area contributed by atoms with Gasteiger partial charge in [0.1, 0.15) is 11.3 Å². The Balaban J connectivity index is 2.00. The normalized spacial score (nSPS) is 11.6. The van der Waals surface area contributed by atoms with Gasteiger partial charge in [0.2, 0.25) is 0 Å². The van der Waals surface area contributed by atoms with Gasteiger partial charge in [-0.15, -0.1) is 0 Å². The molecule has 0 atom stereocenters. The number of sulfone groups is 1. The molecule has 4 N–H and O–H groups in total. The standard InChI is InChI=1S/C19H15N5O5S/c1-30(28,29)13-7-5-11(6-8-13)24-18-15(22-19(24)27)14(16(20)26)21-17(23-18)10-3-2-4-12(25)9-10/h2-9,25H,1H3,(H2,20,26)(H,22,27). The van der Waals surface area contributed by atoms with E-state index in [4.69, 9.17) is 5.73 Å². The lowest BCUT2D eigenvalue weighted by atomic mass is 10.2. The van der Waals surface area contributed by atoms with Crippen molar-refractivity contribution in [1.82, 2.24) is 19.5 Å². The first kappa shape index (κ1) is 19.3. The van der Waals surface area contributed by atoms with Gasteiger partial charge in [-0.3, -0.25) is 4.79 Å². The van der Waals surface area contributed by atoms with E-state index in [1.165, 1.54) is 41.0 Å². The van der Waals surface area contributed by atoms with Crippen molar-refractivity contribution in [2.75, 3.05) is 6.26 Å². The predicted molar refractivity (Wildman–Crippen MR) is 108 cm³/mol. The monoisotopic (exact) mass is 425 g/mol. The zero-order chi connectivity index (χ0) is 21.6. The van der Waals surface area contributed by atoms with Gasteiger partial charge in [-0.1, -0.05) is 12.1 Å². The van der Waals surface area contributed by atoms with Gasteiger partial charge in [-0.25, -0.2) is 27.7 Å². The minimum Gasteiger partial charge on any atom is -0.508 e. The van der Waals surface area contributed by atoms with Crippen molar-refractivity contribution < 1.29 is 18.3 Å². The number of nitrogens with zero attached hydrogens (tertiary/aromatic N) is 3. The number of nitrogens with two attached hydrogens (primary N) is 1. The van der Waals surface area contributed by atoms with E-state index in [9.17, 15) is 23.1 Å². The first-order valence-corrected chi connectivity index (χ1v) is 10.5. The van der Waals surface area contributed by atoms with Crippen LogP contribution in [0.5, 0.6) is 5.75 Å². The first-order chi connectivity index (χ1) is 14.1. The molecule has 0 saturated carbocycles. The molecule has 0 aliphatic carbocycles. The number of hydrogen-bond acceptors (Lipinski definition) is 7. The SMILES string of the molecule is CS(=O)(=O)c1ccc(-n2c(=O)[nH]c3c(C(N)=O)nc(-c4cccc(O)c4)nc32)cc1. The van der Waals surface area contributed by atoms with Gasteiger partial charge in [-0.2, -0.15) is 0 Å². The molecule has 0 unspecified atom stereocenters. The number of carbonyl (C=O) groups excluding carboxylic acids is 1. The summed E-state index contributed by atoms with van der Waals surface area (Å²) in [7, 11) is -3.41. The van der Waals surface area contributed by atoms with Crippen molar-refractivity contribution in [1.29, 1.82) is 0 Å². The largest absolute Gasteiger partial charge is 0.508 e. The van der Waals surface area contributed by atoms with E-state index in [1.54, 1.807) is 12.1 Å². The van der Waals surface area contributed by atoms with E-state index in [2.05, 4.69) is 15.0 Å². The molecule has 30 heavy (non-hydrogen) atoms. The number of amides is 1. The third kappa shape index (κ3) is 3.31. The van der Waals surface area contributed by atoms with Crippen LogP contribution < -0.4 is 11.4 Å². The summed E-state index contributed by atoms with van der Waals surface area (Å²) in [5.41, 5.74) is 5.50. The zero-order valence-corrected chi connectivity index (χ0v) is 16.3. The Morgan fingerprint density at radius 3 is 2.43 bits per heavy atom. The highest BCUT2D eigenvalue weighted by Crippen LogP contribution is 2.24. The molecule has 4 rings (SSSR count). The molecule has 11 heteroatoms. The molecule has 0 aliphatic rings. The number of phenols is 1. The van der Waals surface area contributed by atoms with Gasteiger partial charge in [0, 0.05) is 11.8 Å². The van der Waals surface area contributed by atoms with Crippen molar-refractivity contribution in [3.05, 3.63) is 64.7 Å². The number of phenolic OH excluding ortho intramolecular Hbond substituents is 1. The van der Waals surface area contributed by atoms with Crippen LogP contribution in [0.25, 0.3) is 28.2 Å². The third-order valence-electron chi connectivity index (χ3n) is 4.40. The second kappa shape index (κ2) is 6.81. The summed E-state index contributed by atoms with van der Waals surface area (Å²) in [5, 5.41) is 9.74. The maximum Gasteiger partial charge on any atom is 0.332 e. The summed E-state index contributed by atoms with van der Waals surface area (Å²) in [5.74, 6) is -0.822. The second-order valence-electron chi connectivity index (χ2n) is 6.54. The Morgan fingerprint density at radius 2 is 1.83 bits per heavy atom. The number of imidazole rings is 1. The van der Waals surface area contributed by atoms with Crippen LogP contribution in [-0.2, 0) is 9.84 Å². The topological polar surface area (TPSA) is 161 Å². The van der Waals surface area contributed by atoms with E-state index < -0.39 is 21.4 Å². The highest BCUT2D eigenvalue weighted by atomic mass is 32.2. The second-order valence-corrected chi connectivity index (χ2v) is 8.56. The third-order valence-corrected chi connectivity index (χ3v) is 5.53. The van der Waals surface area contributed by atoms with Crippen LogP contribution in [-0.4, -0.2) is 45.2 Å². The number of aromatic amines is 1. The molecule has 2 aromatic heterocycles. The fourth-order valence-electron chi connectivity index (χ4n) is 3.02. The minimum absolute atomic E-state index is 0.0281. The van der Waals surface area contributed by atoms with Gasteiger partial charge in [-0.05, 0) is 36.4 Å². The van der Waals surface area contributed by atoms with Crippen LogP contribution in [0.4, 0.5) is 0 Å². The van der Waals surface area contributed by atoms with Gasteiger partial charge >= 0.3 is 5.69 Å². The molecule has 0 spiro atoms. The van der Waals surface area contributed by atoms with Gasteiger partial charge < -0.3 is 15.8 Å². The molecule has 4 aromatic rings. The number of rotatable bonds is 4. The van der Waals surface area contributed by atoms with Crippen LogP contribution in [0, 0.1) is 0 Å². The van der Waals surface area contributed by atoms with Crippen molar-refractivity contribution >= 4 is 26.9 Å². The van der Waals surface area contributed by atoms with Gasteiger partial charge in [0.05, 0.1) is 10.6 Å². The fourth-order valence-corrected chi connectivity index (χ4v) is 3.65. The van der Waals surface area contributed by atoms with E-state index in [0.29, 0.717) is 11.3 Å². The predicted octanol–water partition coefficient (Wildman–Crippen LogP) is 0.984. The van der Waals surface area contributed by atoms with E-state index in [-0.39, 0.29) is 33.3 Å². The number of benzene rings is 2. The van der Waals surface area contributed by atoms with E-state index in [1.807, 2.05) is 0 Å². The number of fused-ring (bicyclic) bond motifs is 1. The van der Waals surface area contributed by atoms with Crippen LogP contribution in [0.15, 0.2) is 58.2 Å². The summed E-state index contributed by atoms with van der Waals surface area (Å²) < 4.78 is 24.6.